The van der Waals surface area contributed by atoms with Crippen LogP contribution in [0.2, 0.25) is 25.7 Å². The van der Waals surface area contributed by atoms with Crippen molar-refractivity contribution in [1.29, 1.82) is 0 Å². The summed E-state index contributed by atoms with van der Waals surface area (Å²) >= 11 is 0. The van der Waals surface area contributed by atoms with Gasteiger partial charge in [0, 0.05) is 38.5 Å². The highest BCUT2D eigenvalue weighted by Gasteiger charge is 2.40. The largest absolute Gasteiger partial charge is 0.500 e. The SMILES string of the molecule is CCO[Si](CCCN1CCC(NC(CC)[Si](C)(C)C)C1)(OCC)OCC. The fourth-order valence-corrected chi connectivity index (χ4v) is 8.51. The number of nitrogens with one attached hydrogen (secondary N) is 1. The summed E-state index contributed by atoms with van der Waals surface area (Å²) in [4.78, 5) is 2.59. The van der Waals surface area contributed by atoms with Crippen molar-refractivity contribution in [2.75, 3.05) is 39.5 Å². The van der Waals surface area contributed by atoms with E-state index >= 15 is 0 Å². The maximum atomic E-state index is 5.97. The molecular formula is C19H44N2O3Si2. The van der Waals surface area contributed by atoms with Gasteiger partial charge in [-0.3, -0.25) is 0 Å². The second-order valence-electron chi connectivity index (χ2n) is 8.37. The summed E-state index contributed by atoms with van der Waals surface area (Å²) in [6, 6.07) is 1.57. The van der Waals surface area contributed by atoms with Gasteiger partial charge in [-0.25, -0.2) is 0 Å². The monoisotopic (exact) mass is 404 g/mol. The summed E-state index contributed by atoms with van der Waals surface area (Å²) in [6.07, 6.45) is 3.60. The number of hydrogen-bond donors (Lipinski definition) is 1. The molecule has 1 saturated heterocycles. The standard InChI is InChI=1S/C19H44N2O3Si2/c1-8-19(25(5,6)7)20-18-13-15-21(17-18)14-12-16-26(22-9-2,23-10-3)24-11-4/h18-20H,8-17H2,1-7H3. The minimum Gasteiger partial charge on any atom is -0.374 e. The van der Waals surface area contributed by atoms with E-state index in [1.54, 1.807) is 0 Å². The summed E-state index contributed by atoms with van der Waals surface area (Å²) in [5.41, 5.74) is 0.723. The Morgan fingerprint density at radius 1 is 1.00 bits per heavy atom. The van der Waals surface area contributed by atoms with Gasteiger partial charge in [-0.05, 0) is 58.8 Å². The Kier molecular flexibility index (Phi) is 11.1. The third kappa shape index (κ3) is 8.08. The fourth-order valence-electron chi connectivity index (χ4n) is 3.96. The molecule has 1 N–H and O–H groups in total. The number of nitrogens with zero attached hydrogens (tertiary/aromatic N) is 1. The molecular weight excluding hydrogens is 360 g/mol. The Morgan fingerprint density at radius 3 is 2.04 bits per heavy atom. The average molecular weight is 405 g/mol. The molecule has 2 atom stereocenters. The molecule has 0 aromatic rings. The third-order valence-corrected chi connectivity index (χ3v) is 11.0. The van der Waals surface area contributed by atoms with Crippen molar-refractivity contribution in [2.45, 2.75) is 84.3 Å². The van der Waals surface area contributed by atoms with E-state index in [-0.39, 0.29) is 0 Å². The second kappa shape index (κ2) is 11.9. The molecule has 0 aromatic heterocycles. The molecule has 0 bridgehead atoms. The van der Waals surface area contributed by atoms with Crippen molar-refractivity contribution in [3.63, 3.8) is 0 Å². The molecule has 5 nitrogen and oxygen atoms in total. The van der Waals surface area contributed by atoms with Gasteiger partial charge in [-0.1, -0.05) is 26.6 Å². The van der Waals surface area contributed by atoms with E-state index in [4.69, 9.17) is 13.3 Å². The van der Waals surface area contributed by atoms with Crippen molar-refractivity contribution in [1.82, 2.24) is 10.2 Å². The van der Waals surface area contributed by atoms with Gasteiger partial charge in [0.15, 0.2) is 0 Å². The lowest BCUT2D eigenvalue weighted by Gasteiger charge is -2.32. The number of rotatable bonds is 14. The Balaban J connectivity index is 2.43. The lowest BCUT2D eigenvalue weighted by atomic mass is 10.2. The molecule has 0 amide bonds. The van der Waals surface area contributed by atoms with Gasteiger partial charge in [-0.2, -0.15) is 0 Å². The van der Waals surface area contributed by atoms with E-state index < -0.39 is 16.9 Å². The third-order valence-electron chi connectivity index (χ3n) is 5.21. The van der Waals surface area contributed by atoms with E-state index in [1.165, 1.54) is 25.9 Å². The highest BCUT2D eigenvalue weighted by Crippen LogP contribution is 2.20. The first-order chi connectivity index (χ1) is 12.3. The first kappa shape index (κ1) is 24.3. The average Bonchev–Trinajstić information content (AvgIpc) is 3.00. The molecule has 0 aliphatic carbocycles. The Labute approximate surface area is 164 Å². The molecule has 2 unspecified atom stereocenters. The maximum Gasteiger partial charge on any atom is 0.500 e. The first-order valence-electron chi connectivity index (χ1n) is 10.7. The fraction of sp³-hybridized carbons (Fsp3) is 1.00. The van der Waals surface area contributed by atoms with E-state index in [1.807, 2.05) is 20.8 Å². The molecule has 0 spiro atoms. The van der Waals surface area contributed by atoms with Crippen LogP contribution in [0.4, 0.5) is 0 Å². The number of hydrogen-bond acceptors (Lipinski definition) is 5. The van der Waals surface area contributed by atoms with E-state index in [0.717, 1.165) is 24.7 Å². The van der Waals surface area contributed by atoms with E-state index in [2.05, 4.69) is 36.8 Å². The molecule has 0 aromatic carbocycles. The van der Waals surface area contributed by atoms with Crippen molar-refractivity contribution < 1.29 is 13.3 Å². The van der Waals surface area contributed by atoms with E-state index in [9.17, 15) is 0 Å². The zero-order valence-corrected chi connectivity index (χ0v) is 20.4. The molecule has 1 rings (SSSR count). The lowest BCUT2D eigenvalue weighted by molar-refractivity contribution is 0.0701. The van der Waals surface area contributed by atoms with E-state index in [0.29, 0.717) is 25.9 Å². The highest BCUT2D eigenvalue weighted by atomic mass is 28.4. The van der Waals surface area contributed by atoms with Gasteiger partial charge < -0.3 is 23.5 Å². The minimum absolute atomic E-state index is 0.652. The zero-order chi connectivity index (χ0) is 19.6. The predicted octanol–water partition coefficient (Wildman–Crippen LogP) is 3.74. The van der Waals surface area contributed by atoms with Crippen LogP contribution in [-0.4, -0.2) is 72.9 Å². The summed E-state index contributed by atoms with van der Waals surface area (Å²) in [5, 5.41) is 3.96. The molecule has 7 heteroatoms. The van der Waals surface area contributed by atoms with Gasteiger partial charge in [-0.15, -0.1) is 0 Å². The summed E-state index contributed by atoms with van der Waals surface area (Å²) in [5.74, 6) is 0. The van der Waals surface area contributed by atoms with Crippen molar-refractivity contribution in [2.24, 2.45) is 0 Å². The van der Waals surface area contributed by atoms with Crippen LogP contribution in [0.25, 0.3) is 0 Å². The predicted molar refractivity (Wildman–Crippen MR) is 115 cm³/mol. The molecule has 1 heterocycles. The van der Waals surface area contributed by atoms with Crippen LogP contribution < -0.4 is 5.32 Å². The van der Waals surface area contributed by atoms with Crippen LogP contribution in [0.5, 0.6) is 0 Å². The van der Waals surface area contributed by atoms with Crippen molar-refractivity contribution in [3.05, 3.63) is 0 Å². The topological polar surface area (TPSA) is 43.0 Å². The summed E-state index contributed by atoms with van der Waals surface area (Å²) in [6.45, 7) is 21.3. The zero-order valence-electron chi connectivity index (χ0n) is 18.4. The van der Waals surface area contributed by atoms with Gasteiger partial charge in [0.25, 0.3) is 0 Å². The molecule has 0 saturated carbocycles. The van der Waals surface area contributed by atoms with Crippen molar-refractivity contribution >= 4 is 16.9 Å². The van der Waals surface area contributed by atoms with Crippen molar-refractivity contribution in [3.8, 4) is 0 Å². The van der Waals surface area contributed by atoms with Crippen LogP contribution >= 0.6 is 0 Å². The lowest BCUT2D eigenvalue weighted by Crippen LogP contribution is -2.52. The Hall–Kier alpha value is 0.234. The van der Waals surface area contributed by atoms with Crippen LogP contribution in [-0.2, 0) is 13.3 Å². The smallest absolute Gasteiger partial charge is 0.374 e. The highest BCUT2D eigenvalue weighted by molar-refractivity contribution is 6.77. The van der Waals surface area contributed by atoms with Gasteiger partial charge >= 0.3 is 8.80 Å². The van der Waals surface area contributed by atoms with Gasteiger partial charge in [0.05, 0.1) is 8.07 Å². The summed E-state index contributed by atoms with van der Waals surface area (Å²) < 4.78 is 17.9. The Morgan fingerprint density at radius 2 is 1.58 bits per heavy atom. The molecule has 0 radical (unpaired) electrons. The molecule has 156 valence electrons. The molecule has 26 heavy (non-hydrogen) atoms. The van der Waals surface area contributed by atoms with Crippen LogP contribution in [0.3, 0.4) is 0 Å². The molecule has 1 aliphatic heterocycles. The quantitative estimate of drug-likeness (QED) is 0.447. The summed E-state index contributed by atoms with van der Waals surface area (Å²) in [7, 11) is -3.61. The maximum absolute atomic E-state index is 5.97. The van der Waals surface area contributed by atoms with Crippen LogP contribution in [0.1, 0.15) is 47.0 Å². The minimum atomic E-state index is -2.48. The van der Waals surface area contributed by atoms with Crippen LogP contribution in [0.15, 0.2) is 0 Å². The second-order valence-corrected chi connectivity index (χ2v) is 16.5. The molecule has 1 aliphatic rings. The number of likely N-dealkylation sites (tertiary alicyclic amines) is 1. The Bertz CT molecular complexity index is 363. The molecule has 1 fully saturated rings. The van der Waals surface area contributed by atoms with Crippen LogP contribution in [0, 0.1) is 0 Å². The first-order valence-corrected chi connectivity index (χ1v) is 16.2. The normalized spacial score (nSPS) is 20.7. The van der Waals surface area contributed by atoms with Gasteiger partial charge in [0.1, 0.15) is 0 Å². The van der Waals surface area contributed by atoms with Gasteiger partial charge in [0.2, 0.25) is 0 Å².